The number of unbranched alkanes of at least 4 members (excludes halogenated alkanes) is 1. The average molecular weight is 461 g/mol. The van der Waals surface area contributed by atoms with Gasteiger partial charge in [-0.25, -0.2) is 4.98 Å². The highest BCUT2D eigenvalue weighted by atomic mass is 19.4. The number of hydrogen-bond donors (Lipinski definition) is 0. The van der Waals surface area contributed by atoms with Crippen LogP contribution in [0, 0.1) is 11.3 Å². The van der Waals surface area contributed by atoms with E-state index in [9.17, 15) is 13.2 Å². The predicted octanol–water partition coefficient (Wildman–Crippen LogP) is 5.90. The van der Waals surface area contributed by atoms with Gasteiger partial charge in [0.15, 0.2) is 0 Å². The Hall–Kier alpha value is -3.12. The minimum atomic E-state index is -4.32. The molecule has 0 spiro atoms. The van der Waals surface area contributed by atoms with E-state index in [2.05, 4.69) is 30.0 Å². The molecule has 2 heterocycles. The topological polar surface area (TPSA) is 73.0 Å². The van der Waals surface area contributed by atoms with Crippen LogP contribution in [0.4, 0.5) is 13.2 Å². The molecule has 1 unspecified atom stereocenters. The van der Waals surface area contributed by atoms with E-state index in [4.69, 9.17) is 14.7 Å². The molecule has 2 aromatic heterocycles. The highest BCUT2D eigenvalue weighted by molar-refractivity contribution is 5.83. The molecule has 9 heteroatoms. The van der Waals surface area contributed by atoms with Crippen LogP contribution >= 0.6 is 0 Å². The normalized spacial score (nSPS) is 12.6. The highest BCUT2D eigenvalue weighted by Crippen LogP contribution is 2.33. The zero-order valence-corrected chi connectivity index (χ0v) is 18.7. The van der Waals surface area contributed by atoms with Crippen molar-refractivity contribution in [1.82, 2.24) is 14.8 Å². The quantitative estimate of drug-likeness (QED) is 0.333. The van der Waals surface area contributed by atoms with Gasteiger partial charge in [0.2, 0.25) is 5.88 Å². The standard InChI is InChI=1S/C24H27F3N4O2/c1-3-5-11-32-19(4-2)16-31-22-13-20(18-8-6-17(14-28)7-9-18)23(30-21(22)15-29-31)33-12-10-24(25,26)27/h6-9,13,15,19H,3-5,10-12,16H2,1-2H3. The van der Waals surface area contributed by atoms with Gasteiger partial charge in [0.1, 0.15) is 5.52 Å². The summed E-state index contributed by atoms with van der Waals surface area (Å²) in [6, 6.07) is 10.6. The second-order valence-electron chi connectivity index (χ2n) is 7.73. The first-order valence-corrected chi connectivity index (χ1v) is 11.0. The van der Waals surface area contributed by atoms with E-state index in [1.807, 2.05) is 6.07 Å². The summed E-state index contributed by atoms with van der Waals surface area (Å²) in [5.41, 5.74) is 2.96. The van der Waals surface area contributed by atoms with Crippen LogP contribution < -0.4 is 4.74 Å². The third-order valence-corrected chi connectivity index (χ3v) is 5.23. The lowest BCUT2D eigenvalue weighted by atomic mass is 10.0. The molecule has 33 heavy (non-hydrogen) atoms. The van der Waals surface area contributed by atoms with Gasteiger partial charge in [0.05, 0.1) is 49.0 Å². The van der Waals surface area contributed by atoms with Crippen LogP contribution in [0.1, 0.15) is 45.1 Å². The Kier molecular flexibility index (Phi) is 8.28. The molecule has 1 aromatic carbocycles. The van der Waals surface area contributed by atoms with Crippen LogP contribution in [0.2, 0.25) is 0 Å². The molecule has 176 valence electrons. The molecule has 3 aromatic rings. The maximum absolute atomic E-state index is 12.6. The van der Waals surface area contributed by atoms with E-state index < -0.39 is 19.2 Å². The van der Waals surface area contributed by atoms with Gasteiger partial charge in [-0.3, -0.25) is 4.68 Å². The molecule has 0 aliphatic carbocycles. The summed E-state index contributed by atoms with van der Waals surface area (Å²) in [6.45, 7) is 4.83. The summed E-state index contributed by atoms with van der Waals surface area (Å²) in [5.74, 6) is 0.0993. The van der Waals surface area contributed by atoms with E-state index >= 15 is 0 Å². The number of fused-ring (bicyclic) bond motifs is 1. The molecule has 0 N–H and O–H groups in total. The van der Waals surface area contributed by atoms with Gasteiger partial charge >= 0.3 is 6.18 Å². The number of ether oxygens (including phenoxy) is 2. The summed E-state index contributed by atoms with van der Waals surface area (Å²) in [5, 5.41) is 13.5. The van der Waals surface area contributed by atoms with Crippen molar-refractivity contribution in [2.24, 2.45) is 0 Å². The Labute approximate surface area is 190 Å². The molecule has 6 nitrogen and oxygen atoms in total. The van der Waals surface area contributed by atoms with Crippen molar-refractivity contribution in [3.05, 3.63) is 42.1 Å². The minimum absolute atomic E-state index is 0.0132. The van der Waals surface area contributed by atoms with Gasteiger partial charge in [-0.1, -0.05) is 32.4 Å². The van der Waals surface area contributed by atoms with Gasteiger partial charge in [-0.2, -0.15) is 23.5 Å². The Morgan fingerprint density at radius 3 is 2.55 bits per heavy atom. The lowest BCUT2D eigenvalue weighted by Gasteiger charge is -2.17. The maximum atomic E-state index is 12.6. The van der Waals surface area contributed by atoms with E-state index in [1.54, 1.807) is 35.1 Å². The first-order valence-electron chi connectivity index (χ1n) is 11.0. The van der Waals surface area contributed by atoms with Crippen LogP contribution in [-0.2, 0) is 11.3 Å². The van der Waals surface area contributed by atoms with Gasteiger partial charge in [-0.05, 0) is 36.6 Å². The summed E-state index contributed by atoms with van der Waals surface area (Å²) in [6.07, 6.45) is -0.980. The molecule has 0 saturated carbocycles. The predicted molar refractivity (Wildman–Crippen MR) is 119 cm³/mol. The maximum Gasteiger partial charge on any atom is 0.392 e. The Morgan fingerprint density at radius 2 is 1.91 bits per heavy atom. The summed E-state index contributed by atoms with van der Waals surface area (Å²) in [7, 11) is 0. The van der Waals surface area contributed by atoms with Crippen molar-refractivity contribution in [1.29, 1.82) is 5.26 Å². The van der Waals surface area contributed by atoms with Crippen molar-refractivity contribution in [3.63, 3.8) is 0 Å². The molecule has 3 rings (SSSR count). The van der Waals surface area contributed by atoms with Crippen molar-refractivity contribution in [2.45, 2.75) is 58.4 Å². The lowest BCUT2D eigenvalue weighted by molar-refractivity contribution is -0.139. The summed E-state index contributed by atoms with van der Waals surface area (Å²) in [4.78, 5) is 4.46. The molecular weight excluding hydrogens is 433 g/mol. The average Bonchev–Trinajstić information content (AvgIpc) is 3.18. The number of nitrogens with zero attached hydrogens (tertiary/aromatic N) is 4. The van der Waals surface area contributed by atoms with Crippen LogP contribution in [0.15, 0.2) is 36.5 Å². The zero-order valence-electron chi connectivity index (χ0n) is 18.7. The van der Waals surface area contributed by atoms with Crippen molar-refractivity contribution in [3.8, 4) is 23.1 Å². The van der Waals surface area contributed by atoms with Crippen LogP contribution in [0.25, 0.3) is 22.2 Å². The fraction of sp³-hybridized carbons (Fsp3) is 0.458. The van der Waals surface area contributed by atoms with E-state index in [-0.39, 0.29) is 12.0 Å². The highest BCUT2D eigenvalue weighted by Gasteiger charge is 2.27. The molecule has 0 saturated heterocycles. The molecule has 0 amide bonds. The Bertz CT molecular complexity index is 1090. The molecular formula is C24H27F3N4O2. The first kappa shape index (κ1) is 24.5. The molecule has 0 radical (unpaired) electrons. The smallest absolute Gasteiger partial charge is 0.392 e. The molecule has 1 atom stereocenters. The lowest BCUT2D eigenvalue weighted by Crippen LogP contribution is -2.20. The van der Waals surface area contributed by atoms with Gasteiger partial charge in [-0.15, -0.1) is 0 Å². The zero-order chi connectivity index (χ0) is 23.8. The number of rotatable bonds is 11. The third-order valence-electron chi connectivity index (χ3n) is 5.23. The number of halogens is 3. The van der Waals surface area contributed by atoms with Crippen molar-refractivity contribution in [2.75, 3.05) is 13.2 Å². The van der Waals surface area contributed by atoms with Crippen LogP contribution in [-0.4, -0.2) is 40.3 Å². The summed E-state index contributed by atoms with van der Waals surface area (Å²) < 4.78 is 51.1. The molecule has 0 aliphatic heterocycles. The van der Waals surface area contributed by atoms with Crippen LogP contribution in [0.5, 0.6) is 5.88 Å². The van der Waals surface area contributed by atoms with E-state index in [0.717, 1.165) is 24.8 Å². The second kappa shape index (κ2) is 11.1. The van der Waals surface area contributed by atoms with Crippen molar-refractivity contribution >= 4 is 11.0 Å². The monoisotopic (exact) mass is 460 g/mol. The minimum Gasteiger partial charge on any atom is -0.477 e. The number of benzene rings is 1. The number of alkyl halides is 3. The SMILES string of the molecule is CCCCOC(CC)Cn1ncc2nc(OCCC(F)(F)F)c(-c3ccc(C#N)cc3)cc21. The first-order chi connectivity index (χ1) is 15.8. The second-order valence-corrected chi connectivity index (χ2v) is 7.73. The Morgan fingerprint density at radius 1 is 1.15 bits per heavy atom. The van der Waals surface area contributed by atoms with E-state index in [0.29, 0.717) is 35.4 Å². The number of aromatic nitrogens is 3. The van der Waals surface area contributed by atoms with Gasteiger partial charge in [0, 0.05) is 12.2 Å². The number of nitriles is 1. The molecule has 0 bridgehead atoms. The molecule has 0 aliphatic rings. The number of pyridine rings is 1. The van der Waals surface area contributed by atoms with Crippen molar-refractivity contribution < 1.29 is 22.6 Å². The van der Waals surface area contributed by atoms with Gasteiger partial charge < -0.3 is 9.47 Å². The fourth-order valence-electron chi connectivity index (χ4n) is 3.32. The third kappa shape index (κ3) is 6.68. The van der Waals surface area contributed by atoms with E-state index in [1.165, 1.54) is 0 Å². The Balaban J connectivity index is 1.95. The van der Waals surface area contributed by atoms with Gasteiger partial charge in [0.25, 0.3) is 0 Å². The fourth-order valence-corrected chi connectivity index (χ4v) is 3.32. The summed E-state index contributed by atoms with van der Waals surface area (Å²) >= 11 is 0. The number of hydrogen-bond acceptors (Lipinski definition) is 5. The van der Waals surface area contributed by atoms with Crippen LogP contribution in [0.3, 0.4) is 0 Å². The molecule has 0 fully saturated rings. The largest absolute Gasteiger partial charge is 0.477 e.